The quantitative estimate of drug-likeness (QED) is 0.498. The molecule has 1 heterocycles. The molecule has 1 rings (SSSR count). The monoisotopic (exact) mass is 280 g/mol. The summed E-state index contributed by atoms with van der Waals surface area (Å²) in [6.07, 6.45) is 19.5. The summed E-state index contributed by atoms with van der Waals surface area (Å²) in [4.78, 5) is 11.8. The summed E-state index contributed by atoms with van der Waals surface area (Å²) < 4.78 is 5.62. The van der Waals surface area contributed by atoms with Crippen LogP contribution in [0, 0.1) is 0 Å². The van der Waals surface area contributed by atoms with Crippen LogP contribution < -0.4 is 0 Å². The fourth-order valence-electron chi connectivity index (χ4n) is 2.79. The third kappa shape index (κ3) is 9.17. The van der Waals surface area contributed by atoms with Crippen molar-refractivity contribution >= 4 is 5.97 Å². The van der Waals surface area contributed by atoms with Crippen LogP contribution in [0.5, 0.6) is 0 Å². The van der Waals surface area contributed by atoms with Gasteiger partial charge in [-0.25, -0.2) is 4.79 Å². The van der Waals surface area contributed by atoms with Gasteiger partial charge in [-0.2, -0.15) is 0 Å². The third-order valence-electron chi connectivity index (χ3n) is 4.06. The van der Waals surface area contributed by atoms with Crippen LogP contribution in [0.25, 0.3) is 0 Å². The smallest absolute Gasteiger partial charge is 0.330 e. The molecule has 1 aliphatic rings. The second kappa shape index (κ2) is 12.0. The molecular formula is C18H32O2. The molecule has 116 valence electrons. The van der Waals surface area contributed by atoms with E-state index >= 15 is 0 Å². The van der Waals surface area contributed by atoms with Crippen molar-refractivity contribution in [2.24, 2.45) is 0 Å². The third-order valence-corrected chi connectivity index (χ3v) is 4.06. The molecule has 2 nitrogen and oxygen atoms in total. The van der Waals surface area contributed by atoms with E-state index in [0.29, 0.717) is 0 Å². The molecule has 1 atom stereocenters. The van der Waals surface area contributed by atoms with Gasteiger partial charge in [-0.3, -0.25) is 0 Å². The Morgan fingerprint density at radius 2 is 1.75 bits per heavy atom. The van der Waals surface area contributed by atoms with E-state index in [9.17, 15) is 4.79 Å². The highest BCUT2D eigenvalue weighted by Crippen LogP contribution is 2.17. The Morgan fingerprint density at radius 3 is 2.50 bits per heavy atom. The predicted molar refractivity (Wildman–Crippen MR) is 84.7 cm³/mol. The first-order valence-corrected chi connectivity index (χ1v) is 8.70. The van der Waals surface area contributed by atoms with Gasteiger partial charge in [0.2, 0.25) is 0 Å². The number of unbranched alkanes of at least 4 members (excludes halogenated alkanes) is 2. The van der Waals surface area contributed by atoms with Gasteiger partial charge in [-0.15, -0.1) is 0 Å². The molecule has 0 aliphatic carbocycles. The van der Waals surface area contributed by atoms with E-state index in [1.165, 1.54) is 64.2 Å². The van der Waals surface area contributed by atoms with Gasteiger partial charge in [0.1, 0.15) is 6.10 Å². The van der Waals surface area contributed by atoms with Crippen molar-refractivity contribution in [3.8, 4) is 0 Å². The first-order chi connectivity index (χ1) is 9.83. The number of esters is 1. The Balaban J connectivity index is 2.41. The molecule has 0 aromatic carbocycles. The molecular weight excluding hydrogens is 248 g/mol. The molecule has 20 heavy (non-hydrogen) atoms. The van der Waals surface area contributed by atoms with Gasteiger partial charge in [0.15, 0.2) is 0 Å². The lowest BCUT2D eigenvalue weighted by atomic mass is 10.0. The van der Waals surface area contributed by atoms with Gasteiger partial charge in [0.25, 0.3) is 0 Å². The van der Waals surface area contributed by atoms with E-state index in [1.807, 2.05) is 6.08 Å². The summed E-state index contributed by atoms with van der Waals surface area (Å²) in [5.74, 6) is -0.136. The summed E-state index contributed by atoms with van der Waals surface area (Å²) in [5.41, 5.74) is 0. The van der Waals surface area contributed by atoms with E-state index < -0.39 is 0 Å². The average molecular weight is 280 g/mol. The number of hydrogen-bond donors (Lipinski definition) is 0. The lowest BCUT2D eigenvalue weighted by Crippen LogP contribution is -2.17. The Labute approximate surface area is 125 Å². The van der Waals surface area contributed by atoms with Crippen molar-refractivity contribution in [3.63, 3.8) is 0 Å². The van der Waals surface area contributed by atoms with Gasteiger partial charge in [0.05, 0.1) is 0 Å². The van der Waals surface area contributed by atoms with Crippen LogP contribution in [0.3, 0.4) is 0 Å². The maximum Gasteiger partial charge on any atom is 0.330 e. The number of allylic oxidation sites excluding steroid dienone is 1. The largest absolute Gasteiger partial charge is 0.459 e. The molecule has 0 N–H and O–H groups in total. The second-order valence-electron chi connectivity index (χ2n) is 6.01. The Bertz CT molecular complexity index is 271. The lowest BCUT2D eigenvalue weighted by molar-refractivity contribution is -0.143. The SMILES string of the molecule is CCCCCC1CCCCCCCCC/C=C/C(=O)O1. The topological polar surface area (TPSA) is 26.3 Å². The number of rotatable bonds is 4. The molecule has 0 bridgehead atoms. The van der Waals surface area contributed by atoms with E-state index in [2.05, 4.69) is 6.92 Å². The Kier molecular flexibility index (Phi) is 10.3. The molecule has 0 fully saturated rings. The summed E-state index contributed by atoms with van der Waals surface area (Å²) >= 11 is 0. The summed E-state index contributed by atoms with van der Waals surface area (Å²) in [6, 6.07) is 0. The molecule has 1 unspecified atom stereocenters. The summed E-state index contributed by atoms with van der Waals surface area (Å²) in [5, 5.41) is 0. The van der Waals surface area contributed by atoms with Crippen LogP contribution in [-0.4, -0.2) is 12.1 Å². The lowest BCUT2D eigenvalue weighted by Gasteiger charge is -2.17. The zero-order valence-corrected chi connectivity index (χ0v) is 13.2. The van der Waals surface area contributed by atoms with Crippen LogP contribution in [0.15, 0.2) is 12.2 Å². The van der Waals surface area contributed by atoms with E-state index in [4.69, 9.17) is 4.74 Å². The molecule has 0 spiro atoms. The molecule has 0 aromatic rings. The van der Waals surface area contributed by atoms with Crippen molar-refractivity contribution in [2.45, 2.75) is 96.5 Å². The van der Waals surface area contributed by atoms with Crippen molar-refractivity contribution < 1.29 is 9.53 Å². The molecule has 1 aliphatic heterocycles. The predicted octanol–water partition coefficient (Wildman–Crippen LogP) is 5.56. The highest BCUT2D eigenvalue weighted by Gasteiger charge is 2.12. The number of hydrogen-bond acceptors (Lipinski definition) is 2. The van der Waals surface area contributed by atoms with Crippen molar-refractivity contribution in [1.29, 1.82) is 0 Å². The summed E-state index contributed by atoms with van der Waals surface area (Å²) in [6.45, 7) is 2.21. The standard InChI is InChI=1S/C18H32O2/c1-2-3-11-14-17-15-12-9-7-5-4-6-8-10-13-16-18(19)20-17/h13,16-17H,2-12,14-15H2,1H3/b16-13+. The number of cyclic esters (lactones) is 1. The normalized spacial score (nSPS) is 24.6. The van der Waals surface area contributed by atoms with Gasteiger partial charge < -0.3 is 4.74 Å². The van der Waals surface area contributed by atoms with Crippen LogP contribution in [0.1, 0.15) is 90.4 Å². The molecule has 0 radical (unpaired) electrons. The zero-order valence-electron chi connectivity index (χ0n) is 13.2. The molecule has 0 amide bonds. The van der Waals surface area contributed by atoms with Crippen molar-refractivity contribution in [2.75, 3.05) is 0 Å². The number of ether oxygens (including phenoxy) is 1. The van der Waals surface area contributed by atoms with Crippen LogP contribution in [0.4, 0.5) is 0 Å². The minimum atomic E-state index is -0.136. The van der Waals surface area contributed by atoms with E-state index in [-0.39, 0.29) is 12.1 Å². The molecule has 0 aromatic heterocycles. The van der Waals surface area contributed by atoms with Crippen molar-refractivity contribution in [3.05, 3.63) is 12.2 Å². The van der Waals surface area contributed by atoms with Crippen molar-refractivity contribution in [1.82, 2.24) is 0 Å². The zero-order chi connectivity index (χ0) is 14.5. The first-order valence-electron chi connectivity index (χ1n) is 8.70. The Morgan fingerprint density at radius 1 is 1.05 bits per heavy atom. The molecule has 0 saturated heterocycles. The minimum Gasteiger partial charge on any atom is -0.459 e. The highest BCUT2D eigenvalue weighted by atomic mass is 16.5. The van der Waals surface area contributed by atoms with Crippen LogP contribution in [0.2, 0.25) is 0 Å². The summed E-state index contributed by atoms with van der Waals surface area (Å²) in [7, 11) is 0. The van der Waals surface area contributed by atoms with Gasteiger partial charge in [0, 0.05) is 6.08 Å². The van der Waals surface area contributed by atoms with Gasteiger partial charge in [-0.1, -0.05) is 57.9 Å². The van der Waals surface area contributed by atoms with Crippen LogP contribution >= 0.6 is 0 Å². The van der Waals surface area contributed by atoms with E-state index in [0.717, 1.165) is 19.3 Å². The number of carbonyl (C=O) groups is 1. The minimum absolute atomic E-state index is 0.136. The maximum absolute atomic E-state index is 11.8. The van der Waals surface area contributed by atoms with Gasteiger partial charge in [-0.05, 0) is 38.5 Å². The van der Waals surface area contributed by atoms with E-state index in [1.54, 1.807) is 6.08 Å². The highest BCUT2D eigenvalue weighted by molar-refractivity contribution is 5.82. The average Bonchev–Trinajstić information content (AvgIpc) is 2.44. The molecule has 2 heteroatoms. The van der Waals surface area contributed by atoms with Crippen LogP contribution in [-0.2, 0) is 9.53 Å². The Hall–Kier alpha value is -0.790. The van der Waals surface area contributed by atoms with Gasteiger partial charge >= 0.3 is 5.97 Å². The number of carbonyl (C=O) groups excluding carboxylic acids is 1. The maximum atomic E-state index is 11.8. The fourth-order valence-corrected chi connectivity index (χ4v) is 2.79. The molecule has 0 saturated carbocycles. The fraction of sp³-hybridized carbons (Fsp3) is 0.833. The second-order valence-corrected chi connectivity index (χ2v) is 6.01. The first kappa shape index (κ1) is 17.3.